The van der Waals surface area contributed by atoms with Crippen LogP contribution in [0.4, 0.5) is 0 Å². The van der Waals surface area contributed by atoms with Crippen molar-refractivity contribution in [3.05, 3.63) is 44.8 Å². The van der Waals surface area contributed by atoms with Crippen LogP contribution in [0, 0.1) is 0 Å². The quantitative estimate of drug-likeness (QED) is 0.574. The van der Waals surface area contributed by atoms with Gasteiger partial charge in [-0.05, 0) is 31.2 Å². The first kappa shape index (κ1) is 15.0. The van der Waals surface area contributed by atoms with Gasteiger partial charge in [0.25, 0.3) is 0 Å². The lowest BCUT2D eigenvalue weighted by molar-refractivity contribution is 0.666. The summed E-state index contributed by atoms with van der Waals surface area (Å²) in [5.74, 6) is 0.939. The highest BCUT2D eigenvalue weighted by Gasteiger charge is 2.03. The largest absolute Gasteiger partial charge is 0.311 e. The number of halogens is 1. The normalized spacial score (nSPS) is 10.8. The third-order valence-electron chi connectivity index (χ3n) is 2.49. The minimum atomic E-state index is 0.881. The molecule has 0 saturated carbocycles. The fourth-order valence-electron chi connectivity index (χ4n) is 1.59. The second kappa shape index (κ2) is 8.04. The molecule has 0 radical (unpaired) electrons. The number of hydrogen-bond donors (Lipinski definition) is 1. The van der Waals surface area contributed by atoms with E-state index in [0.29, 0.717) is 0 Å². The molecule has 0 bridgehead atoms. The molecule has 102 valence electrons. The zero-order valence-corrected chi connectivity index (χ0v) is 14.1. The average Bonchev–Trinajstić information content (AvgIpc) is 2.85. The smallest absolute Gasteiger partial charge is 0.103 e. The minimum Gasteiger partial charge on any atom is -0.311 e. The van der Waals surface area contributed by atoms with Gasteiger partial charge in [0.15, 0.2) is 0 Å². The van der Waals surface area contributed by atoms with Crippen LogP contribution in [0.3, 0.4) is 0 Å². The molecule has 2 rings (SSSR count). The van der Waals surface area contributed by atoms with Crippen molar-refractivity contribution in [2.45, 2.75) is 30.5 Å². The molecular formula is C14H17BrN2S2. The molecular weight excluding hydrogens is 340 g/mol. The third-order valence-corrected chi connectivity index (χ3v) is 5.07. The topological polar surface area (TPSA) is 24.9 Å². The first-order chi connectivity index (χ1) is 9.28. The number of rotatable bonds is 7. The SMILES string of the molecule is CCCNCc1csc(CSc2cccc(Br)c2)n1. The number of benzene rings is 1. The fourth-order valence-corrected chi connectivity index (χ4v) is 3.91. The molecule has 0 aliphatic carbocycles. The molecule has 0 aliphatic rings. The summed E-state index contributed by atoms with van der Waals surface area (Å²) >= 11 is 7.07. The Hall–Kier alpha value is -0.360. The van der Waals surface area contributed by atoms with Crippen LogP contribution >= 0.6 is 39.0 Å². The van der Waals surface area contributed by atoms with Gasteiger partial charge in [-0.15, -0.1) is 23.1 Å². The standard InChI is InChI=1S/C14H17BrN2S2/c1-2-6-16-8-12-9-19-14(17-12)10-18-13-5-3-4-11(15)7-13/h3-5,7,9,16H,2,6,8,10H2,1H3. The number of thioether (sulfide) groups is 1. The van der Waals surface area contributed by atoms with E-state index < -0.39 is 0 Å². The van der Waals surface area contributed by atoms with Gasteiger partial charge in [0.1, 0.15) is 5.01 Å². The van der Waals surface area contributed by atoms with Gasteiger partial charge in [0, 0.05) is 21.3 Å². The molecule has 5 heteroatoms. The van der Waals surface area contributed by atoms with Crippen molar-refractivity contribution >= 4 is 39.0 Å². The number of nitrogens with zero attached hydrogens (tertiary/aromatic N) is 1. The number of nitrogens with one attached hydrogen (secondary N) is 1. The zero-order valence-electron chi connectivity index (χ0n) is 10.9. The van der Waals surface area contributed by atoms with Crippen LogP contribution < -0.4 is 5.32 Å². The molecule has 2 nitrogen and oxygen atoms in total. The first-order valence-electron chi connectivity index (χ1n) is 6.30. The molecule has 2 aromatic rings. The van der Waals surface area contributed by atoms with Crippen LogP contribution in [0.1, 0.15) is 24.0 Å². The summed E-state index contributed by atoms with van der Waals surface area (Å²) < 4.78 is 1.13. The van der Waals surface area contributed by atoms with Crippen molar-refractivity contribution in [2.75, 3.05) is 6.54 Å². The maximum absolute atomic E-state index is 4.64. The Bertz CT molecular complexity index is 514. The Morgan fingerprint density at radius 3 is 3.11 bits per heavy atom. The number of hydrogen-bond acceptors (Lipinski definition) is 4. The van der Waals surface area contributed by atoms with Crippen molar-refractivity contribution in [1.82, 2.24) is 10.3 Å². The summed E-state index contributed by atoms with van der Waals surface area (Å²) in [6.45, 7) is 4.11. The fraction of sp³-hybridized carbons (Fsp3) is 0.357. The Morgan fingerprint density at radius 1 is 1.42 bits per heavy atom. The van der Waals surface area contributed by atoms with Crippen molar-refractivity contribution in [3.63, 3.8) is 0 Å². The van der Waals surface area contributed by atoms with E-state index in [1.807, 2.05) is 17.8 Å². The van der Waals surface area contributed by atoms with Gasteiger partial charge in [0.2, 0.25) is 0 Å². The van der Waals surface area contributed by atoms with Crippen LogP contribution in [-0.2, 0) is 12.3 Å². The maximum atomic E-state index is 4.64. The summed E-state index contributed by atoms with van der Waals surface area (Å²) in [5.41, 5.74) is 1.16. The Labute approximate surface area is 131 Å². The molecule has 0 aliphatic heterocycles. The molecule has 0 unspecified atom stereocenters. The van der Waals surface area contributed by atoms with Crippen molar-refractivity contribution in [1.29, 1.82) is 0 Å². The molecule has 1 aromatic heterocycles. The van der Waals surface area contributed by atoms with E-state index in [0.717, 1.165) is 35.4 Å². The summed E-state index contributed by atoms with van der Waals surface area (Å²) in [6.07, 6.45) is 1.16. The van der Waals surface area contributed by atoms with E-state index in [1.54, 1.807) is 11.3 Å². The van der Waals surface area contributed by atoms with E-state index in [9.17, 15) is 0 Å². The van der Waals surface area contributed by atoms with Crippen LogP contribution in [-0.4, -0.2) is 11.5 Å². The molecule has 1 N–H and O–H groups in total. The molecule has 1 aromatic carbocycles. The number of aromatic nitrogens is 1. The lowest BCUT2D eigenvalue weighted by atomic mass is 10.4. The minimum absolute atomic E-state index is 0.881. The van der Waals surface area contributed by atoms with E-state index in [2.05, 4.69) is 56.7 Å². The third kappa shape index (κ3) is 5.26. The summed E-state index contributed by atoms with van der Waals surface area (Å²) in [5, 5.41) is 6.72. The second-order valence-electron chi connectivity index (χ2n) is 4.16. The molecule has 0 saturated heterocycles. The molecule has 19 heavy (non-hydrogen) atoms. The lowest BCUT2D eigenvalue weighted by Gasteiger charge is -2.00. The number of thiazole rings is 1. The van der Waals surface area contributed by atoms with Crippen LogP contribution in [0.5, 0.6) is 0 Å². The van der Waals surface area contributed by atoms with Gasteiger partial charge >= 0.3 is 0 Å². The van der Waals surface area contributed by atoms with Crippen LogP contribution in [0.15, 0.2) is 39.0 Å². The van der Waals surface area contributed by atoms with E-state index in [4.69, 9.17) is 0 Å². The second-order valence-corrected chi connectivity index (χ2v) is 7.06. The molecule has 1 heterocycles. The molecule has 0 atom stereocenters. The highest BCUT2D eigenvalue weighted by Crippen LogP contribution is 2.26. The summed E-state index contributed by atoms with van der Waals surface area (Å²) in [7, 11) is 0. The van der Waals surface area contributed by atoms with Crippen LogP contribution in [0.25, 0.3) is 0 Å². The summed E-state index contributed by atoms with van der Waals surface area (Å²) in [4.78, 5) is 5.92. The van der Waals surface area contributed by atoms with Crippen LogP contribution in [0.2, 0.25) is 0 Å². The Balaban J connectivity index is 1.83. The monoisotopic (exact) mass is 356 g/mol. The van der Waals surface area contributed by atoms with Crippen molar-refractivity contribution in [2.24, 2.45) is 0 Å². The Kier molecular flexibility index (Phi) is 6.37. The van der Waals surface area contributed by atoms with Gasteiger partial charge in [-0.1, -0.05) is 28.9 Å². The molecule has 0 spiro atoms. The average molecular weight is 357 g/mol. The van der Waals surface area contributed by atoms with Crippen molar-refractivity contribution in [3.8, 4) is 0 Å². The van der Waals surface area contributed by atoms with Gasteiger partial charge in [-0.2, -0.15) is 0 Å². The first-order valence-corrected chi connectivity index (χ1v) is 8.96. The molecule has 0 fully saturated rings. The van der Waals surface area contributed by atoms with E-state index in [-0.39, 0.29) is 0 Å². The van der Waals surface area contributed by atoms with Gasteiger partial charge in [-0.25, -0.2) is 4.98 Å². The van der Waals surface area contributed by atoms with Gasteiger partial charge in [0.05, 0.1) is 11.4 Å². The van der Waals surface area contributed by atoms with E-state index in [1.165, 1.54) is 9.90 Å². The van der Waals surface area contributed by atoms with Crippen molar-refractivity contribution < 1.29 is 0 Å². The lowest BCUT2D eigenvalue weighted by Crippen LogP contribution is -2.13. The highest BCUT2D eigenvalue weighted by molar-refractivity contribution is 9.10. The predicted octanol–water partition coefficient (Wildman–Crippen LogP) is 4.70. The predicted molar refractivity (Wildman–Crippen MR) is 87.8 cm³/mol. The summed E-state index contributed by atoms with van der Waals surface area (Å²) in [6, 6.07) is 8.38. The molecule has 0 amide bonds. The van der Waals surface area contributed by atoms with Gasteiger partial charge in [-0.3, -0.25) is 0 Å². The van der Waals surface area contributed by atoms with Gasteiger partial charge < -0.3 is 5.32 Å². The van der Waals surface area contributed by atoms with E-state index >= 15 is 0 Å². The highest BCUT2D eigenvalue weighted by atomic mass is 79.9. The Morgan fingerprint density at radius 2 is 2.32 bits per heavy atom. The maximum Gasteiger partial charge on any atom is 0.103 e. The zero-order chi connectivity index (χ0) is 13.5.